The van der Waals surface area contributed by atoms with E-state index in [-0.39, 0.29) is 41.5 Å². The molecule has 0 aliphatic carbocycles. The zero-order valence-electron chi connectivity index (χ0n) is 18.1. The number of nitrogens with one attached hydrogen (secondary N) is 1. The van der Waals surface area contributed by atoms with E-state index in [1.165, 1.54) is 6.07 Å². The maximum absolute atomic E-state index is 13.5. The minimum absolute atomic E-state index is 0.105. The van der Waals surface area contributed by atoms with E-state index in [1.54, 1.807) is 24.5 Å². The van der Waals surface area contributed by atoms with Gasteiger partial charge in [-0.2, -0.15) is 12.7 Å². The minimum atomic E-state index is -3.92. The lowest BCUT2D eigenvalue weighted by molar-refractivity contribution is 0.343. The van der Waals surface area contributed by atoms with Crippen LogP contribution in [0.2, 0.25) is 5.02 Å². The van der Waals surface area contributed by atoms with Gasteiger partial charge in [-0.25, -0.2) is 9.38 Å². The molecule has 1 fully saturated rings. The Kier molecular flexibility index (Phi) is 5.34. The molecule has 5 rings (SSSR count). The molecule has 1 N–H and O–H groups in total. The minimum Gasteiger partial charge on any atom is -0.456 e. The first-order valence-corrected chi connectivity index (χ1v) is 12.4. The molecule has 0 spiro atoms. The van der Waals surface area contributed by atoms with Crippen LogP contribution in [0.4, 0.5) is 15.8 Å². The standard InChI is InChI=1S/C22H23ClFN5O3S/c1-22(2)12-28-13-25-17-7-6-15(10-16(17)21(28)26-22)32-19-5-3-4-18(20(19)23)27-33(30,31)29-9-8-14(24)11-29/h3-7,10,13-14,27H,8-9,11-12H2,1-2H3/t14-/m1/s1. The summed E-state index contributed by atoms with van der Waals surface area (Å²) in [5.74, 6) is 1.63. The fraction of sp³-hybridized carbons (Fsp3) is 0.364. The number of aliphatic imine (C=N–C) groups is 2. The predicted molar refractivity (Wildman–Crippen MR) is 127 cm³/mol. The van der Waals surface area contributed by atoms with Gasteiger partial charge >= 0.3 is 10.2 Å². The Morgan fingerprint density at radius 3 is 2.85 bits per heavy atom. The van der Waals surface area contributed by atoms with Crippen molar-refractivity contribution in [3.63, 3.8) is 0 Å². The largest absolute Gasteiger partial charge is 0.456 e. The number of ether oxygens (including phenoxy) is 1. The molecule has 2 aromatic rings. The summed E-state index contributed by atoms with van der Waals surface area (Å²) in [6.45, 7) is 4.82. The lowest BCUT2D eigenvalue weighted by atomic mass is 10.1. The lowest BCUT2D eigenvalue weighted by Gasteiger charge is -2.22. The van der Waals surface area contributed by atoms with E-state index in [1.807, 2.05) is 17.0 Å². The van der Waals surface area contributed by atoms with Crippen molar-refractivity contribution >= 4 is 45.4 Å². The third-order valence-corrected chi connectivity index (χ3v) is 7.53. The summed E-state index contributed by atoms with van der Waals surface area (Å²) >= 11 is 6.47. The van der Waals surface area contributed by atoms with Crippen molar-refractivity contribution in [2.75, 3.05) is 24.4 Å². The van der Waals surface area contributed by atoms with E-state index in [4.69, 9.17) is 21.3 Å². The van der Waals surface area contributed by atoms with Crippen LogP contribution in [0.25, 0.3) is 0 Å². The van der Waals surface area contributed by atoms with E-state index in [0.717, 1.165) is 27.9 Å². The molecule has 3 heterocycles. The molecule has 11 heteroatoms. The van der Waals surface area contributed by atoms with Gasteiger partial charge in [-0.1, -0.05) is 17.7 Å². The Balaban J connectivity index is 1.40. The summed E-state index contributed by atoms with van der Waals surface area (Å²) in [6.07, 6.45) is 0.806. The van der Waals surface area contributed by atoms with E-state index in [0.29, 0.717) is 5.75 Å². The van der Waals surface area contributed by atoms with Gasteiger partial charge in [-0.3, -0.25) is 9.71 Å². The van der Waals surface area contributed by atoms with Crippen LogP contribution in [-0.4, -0.2) is 61.1 Å². The zero-order valence-corrected chi connectivity index (χ0v) is 19.7. The number of alkyl halides is 1. The summed E-state index contributed by atoms with van der Waals surface area (Å²) in [5, 5.41) is 0.105. The van der Waals surface area contributed by atoms with Crippen LogP contribution < -0.4 is 9.46 Å². The Morgan fingerprint density at radius 1 is 1.27 bits per heavy atom. The van der Waals surface area contributed by atoms with Crippen LogP contribution in [0.1, 0.15) is 25.8 Å². The molecule has 0 aromatic heterocycles. The Labute approximate surface area is 196 Å². The number of hydrogen-bond donors (Lipinski definition) is 1. The number of anilines is 1. The second-order valence-corrected chi connectivity index (χ2v) is 10.9. The lowest BCUT2D eigenvalue weighted by Crippen LogP contribution is -2.34. The maximum Gasteiger partial charge on any atom is 0.301 e. The average molecular weight is 492 g/mol. The number of amidine groups is 1. The monoisotopic (exact) mass is 491 g/mol. The first kappa shape index (κ1) is 22.1. The molecule has 174 valence electrons. The van der Waals surface area contributed by atoms with Crippen molar-refractivity contribution in [2.45, 2.75) is 32.0 Å². The molecule has 0 saturated carbocycles. The first-order chi connectivity index (χ1) is 15.6. The van der Waals surface area contributed by atoms with E-state index in [2.05, 4.69) is 23.6 Å². The van der Waals surface area contributed by atoms with Crippen molar-refractivity contribution in [1.82, 2.24) is 9.21 Å². The second-order valence-electron chi connectivity index (χ2n) is 8.87. The third-order valence-electron chi connectivity index (χ3n) is 5.65. The van der Waals surface area contributed by atoms with Gasteiger partial charge < -0.3 is 9.64 Å². The molecule has 33 heavy (non-hydrogen) atoms. The van der Waals surface area contributed by atoms with Gasteiger partial charge in [-0.05, 0) is 50.6 Å². The highest BCUT2D eigenvalue weighted by Gasteiger charge is 2.34. The van der Waals surface area contributed by atoms with E-state index in [9.17, 15) is 12.8 Å². The number of benzene rings is 2. The SMILES string of the molecule is CC1(C)CN2C=Nc3ccc(Oc4cccc(NS(=O)(=O)N5CC[C@@H](F)C5)c4Cl)cc3C2=N1. The molecule has 3 aliphatic heterocycles. The number of fused-ring (bicyclic) bond motifs is 3. The number of nitrogens with zero attached hydrogens (tertiary/aromatic N) is 4. The van der Waals surface area contributed by atoms with Crippen LogP contribution in [0, 0.1) is 0 Å². The van der Waals surface area contributed by atoms with Crippen LogP contribution in [0.3, 0.4) is 0 Å². The highest BCUT2D eigenvalue weighted by molar-refractivity contribution is 7.90. The highest BCUT2D eigenvalue weighted by Crippen LogP contribution is 2.38. The molecule has 1 saturated heterocycles. The molecule has 1 atom stereocenters. The van der Waals surface area contributed by atoms with E-state index >= 15 is 0 Å². The van der Waals surface area contributed by atoms with Gasteiger partial charge in [0.15, 0.2) is 0 Å². The molecule has 0 unspecified atom stereocenters. The smallest absolute Gasteiger partial charge is 0.301 e. The highest BCUT2D eigenvalue weighted by atomic mass is 35.5. The number of halogens is 2. The second kappa shape index (κ2) is 7.96. The van der Waals surface area contributed by atoms with Crippen molar-refractivity contribution in [2.24, 2.45) is 9.98 Å². The molecule has 3 aliphatic rings. The van der Waals surface area contributed by atoms with Gasteiger partial charge in [0, 0.05) is 18.7 Å². The first-order valence-electron chi connectivity index (χ1n) is 10.5. The van der Waals surface area contributed by atoms with Gasteiger partial charge in [0.1, 0.15) is 28.5 Å². The molecule has 0 bridgehead atoms. The molecule has 0 radical (unpaired) electrons. The van der Waals surface area contributed by atoms with Crippen LogP contribution in [0.5, 0.6) is 11.5 Å². The summed E-state index contributed by atoms with van der Waals surface area (Å²) in [7, 11) is -3.92. The Hall–Kier alpha value is -2.69. The quantitative estimate of drug-likeness (QED) is 0.673. The normalized spacial score (nSPS) is 21.5. The van der Waals surface area contributed by atoms with Crippen molar-refractivity contribution < 1.29 is 17.5 Å². The Morgan fingerprint density at radius 2 is 2.09 bits per heavy atom. The van der Waals surface area contributed by atoms with Crippen LogP contribution in [-0.2, 0) is 10.2 Å². The number of rotatable bonds is 5. The van der Waals surface area contributed by atoms with Crippen molar-refractivity contribution in [3.8, 4) is 11.5 Å². The average Bonchev–Trinajstić information content (AvgIpc) is 3.33. The van der Waals surface area contributed by atoms with Gasteiger partial charge in [0.2, 0.25) is 0 Å². The fourth-order valence-electron chi connectivity index (χ4n) is 4.10. The van der Waals surface area contributed by atoms with Gasteiger partial charge in [0.25, 0.3) is 0 Å². The molecular formula is C22H23ClFN5O3S. The fourth-order valence-corrected chi connectivity index (χ4v) is 5.64. The summed E-state index contributed by atoms with van der Waals surface area (Å²) in [4.78, 5) is 11.3. The summed E-state index contributed by atoms with van der Waals surface area (Å²) in [5.41, 5.74) is 1.58. The summed E-state index contributed by atoms with van der Waals surface area (Å²) in [6, 6.07) is 10.3. The van der Waals surface area contributed by atoms with Gasteiger partial charge in [0.05, 0.1) is 29.8 Å². The molecule has 0 amide bonds. The van der Waals surface area contributed by atoms with Gasteiger partial charge in [-0.15, -0.1) is 0 Å². The zero-order chi connectivity index (χ0) is 23.4. The predicted octanol–water partition coefficient (Wildman–Crippen LogP) is 4.35. The van der Waals surface area contributed by atoms with E-state index < -0.39 is 16.4 Å². The van der Waals surface area contributed by atoms with Crippen LogP contribution in [0.15, 0.2) is 46.4 Å². The maximum atomic E-state index is 13.5. The molecule has 2 aromatic carbocycles. The molecular weight excluding hydrogens is 469 g/mol. The van der Waals surface area contributed by atoms with Crippen molar-refractivity contribution in [1.29, 1.82) is 0 Å². The summed E-state index contributed by atoms with van der Waals surface area (Å²) < 4.78 is 48.2. The van der Waals surface area contributed by atoms with Crippen LogP contribution >= 0.6 is 11.6 Å². The molecule has 8 nitrogen and oxygen atoms in total. The third kappa shape index (κ3) is 4.30. The Bertz CT molecular complexity index is 1280. The number of hydrogen-bond acceptors (Lipinski definition) is 6. The van der Waals surface area contributed by atoms with Crippen molar-refractivity contribution in [3.05, 3.63) is 47.0 Å². The topological polar surface area (TPSA) is 86.6 Å².